The van der Waals surface area contributed by atoms with Gasteiger partial charge in [0.15, 0.2) is 5.17 Å². The van der Waals surface area contributed by atoms with E-state index < -0.39 is 0 Å². The van der Waals surface area contributed by atoms with Gasteiger partial charge in [0.05, 0.1) is 5.75 Å². The number of hydrogen-bond acceptors (Lipinski definition) is 7. The molecule has 8 heteroatoms. The molecule has 2 aromatic rings. The smallest absolute Gasteiger partial charge is 0.236 e. The van der Waals surface area contributed by atoms with Gasteiger partial charge >= 0.3 is 0 Å². The van der Waals surface area contributed by atoms with E-state index in [9.17, 15) is 9.90 Å². The van der Waals surface area contributed by atoms with Gasteiger partial charge < -0.3 is 10.4 Å². The highest BCUT2D eigenvalue weighted by Crippen LogP contribution is 2.29. The molecule has 6 nitrogen and oxygen atoms in total. The van der Waals surface area contributed by atoms with E-state index in [4.69, 9.17) is 0 Å². The SMILES string of the molecule is O=C1CSC(=Nc2nnc(-c3ccc(O)cc3)s2)N1. The Balaban J connectivity index is 1.83. The molecule has 2 heterocycles. The molecule has 2 N–H and O–H groups in total. The summed E-state index contributed by atoms with van der Waals surface area (Å²) in [6.07, 6.45) is 0. The fourth-order valence-electron chi connectivity index (χ4n) is 1.45. The van der Waals surface area contributed by atoms with Crippen molar-refractivity contribution in [2.24, 2.45) is 4.99 Å². The molecule has 0 saturated carbocycles. The predicted octanol–water partition coefficient (Wildman–Crippen LogP) is 1.76. The van der Waals surface area contributed by atoms with E-state index in [2.05, 4.69) is 20.5 Å². The molecule has 1 aliphatic heterocycles. The van der Waals surface area contributed by atoms with Crippen molar-refractivity contribution >= 4 is 39.3 Å². The summed E-state index contributed by atoms with van der Waals surface area (Å²) in [6.45, 7) is 0. The topological polar surface area (TPSA) is 87.5 Å². The van der Waals surface area contributed by atoms with Crippen molar-refractivity contribution in [2.75, 3.05) is 5.75 Å². The molecule has 1 fully saturated rings. The van der Waals surface area contributed by atoms with Gasteiger partial charge in [-0.25, -0.2) is 0 Å². The van der Waals surface area contributed by atoms with Crippen LogP contribution in [0.4, 0.5) is 5.13 Å². The number of nitrogens with one attached hydrogen (secondary N) is 1. The Morgan fingerprint density at radius 2 is 2.05 bits per heavy atom. The number of phenolic OH excluding ortho intramolecular Hbond substituents is 1. The molecule has 1 saturated heterocycles. The molecule has 19 heavy (non-hydrogen) atoms. The first-order chi connectivity index (χ1) is 9.20. The number of hydrogen-bond donors (Lipinski definition) is 2. The molecule has 1 amide bonds. The molecule has 1 aromatic carbocycles. The van der Waals surface area contributed by atoms with Crippen LogP contribution in [0.5, 0.6) is 5.75 Å². The van der Waals surface area contributed by atoms with Crippen LogP contribution in [0, 0.1) is 0 Å². The summed E-state index contributed by atoms with van der Waals surface area (Å²) in [4.78, 5) is 15.2. The molecule has 0 unspecified atom stereocenters. The van der Waals surface area contributed by atoms with Crippen molar-refractivity contribution in [1.29, 1.82) is 0 Å². The predicted molar refractivity (Wildman–Crippen MR) is 74.7 cm³/mol. The van der Waals surface area contributed by atoms with Gasteiger partial charge in [-0.3, -0.25) is 4.79 Å². The van der Waals surface area contributed by atoms with Crippen molar-refractivity contribution in [1.82, 2.24) is 15.5 Å². The summed E-state index contributed by atoms with van der Waals surface area (Å²) in [5.41, 5.74) is 0.866. The number of aromatic nitrogens is 2. The van der Waals surface area contributed by atoms with Gasteiger partial charge in [0.1, 0.15) is 10.8 Å². The number of amidine groups is 1. The normalized spacial score (nSPS) is 16.8. The van der Waals surface area contributed by atoms with Gasteiger partial charge in [-0.05, 0) is 24.3 Å². The Labute approximate surface area is 116 Å². The number of carbonyl (C=O) groups excluding carboxylic acids is 1. The Morgan fingerprint density at radius 3 is 2.74 bits per heavy atom. The molecule has 1 aliphatic rings. The third-order valence-corrected chi connectivity index (χ3v) is 4.05. The van der Waals surface area contributed by atoms with Crippen molar-refractivity contribution < 1.29 is 9.90 Å². The van der Waals surface area contributed by atoms with Crippen LogP contribution in [0.2, 0.25) is 0 Å². The number of aromatic hydroxyl groups is 1. The van der Waals surface area contributed by atoms with E-state index in [1.807, 2.05) is 0 Å². The lowest BCUT2D eigenvalue weighted by molar-refractivity contribution is -0.116. The number of phenols is 1. The number of carbonyl (C=O) groups is 1. The molecule has 1 aromatic heterocycles. The van der Waals surface area contributed by atoms with E-state index in [1.54, 1.807) is 24.3 Å². The number of benzene rings is 1. The summed E-state index contributed by atoms with van der Waals surface area (Å²) < 4.78 is 0. The highest BCUT2D eigenvalue weighted by molar-refractivity contribution is 8.15. The van der Waals surface area contributed by atoms with Gasteiger partial charge in [0.2, 0.25) is 11.0 Å². The first-order valence-electron chi connectivity index (χ1n) is 5.35. The van der Waals surface area contributed by atoms with E-state index in [0.29, 0.717) is 21.1 Å². The third-order valence-electron chi connectivity index (χ3n) is 2.31. The van der Waals surface area contributed by atoms with Crippen molar-refractivity contribution in [3.05, 3.63) is 24.3 Å². The summed E-state index contributed by atoms with van der Waals surface area (Å²) >= 11 is 2.67. The van der Waals surface area contributed by atoms with Gasteiger partial charge in [-0.2, -0.15) is 4.99 Å². The number of rotatable bonds is 2. The molecular formula is C11H8N4O2S2. The molecule has 96 valence electrons. The Kier molecular flexibility index (Phi) is 3.18. The number of nitrogens with zero attached hydrogens (tertiary/aromatic N) is 3. The molecule has 0 radical (unpaired) electrons. The number of aliphatic imine (C=N–C) groups is 1. The van der Waals surface area contributed by atoms with E-state index >= 15 is 0 Å². The van der Waals surface area contributed by atoms with E-state index in [1.165, 1.54) is 23.1 Å². The molecule has 0 spiro atoms. The maximum Gasteiger partial charge on any atom is 0.236 e. The Hall–Kier alpha value is -1.93. The minimum absolute atomic E-state index is 0.0491. The minimum Gasteiger partial charge on any atom is -0.508 e. The lowest BCUT2D eigenvalue weighted by Gasteiger charge is -1.94. The standard InChI is InChI=1S/C11H8N4O2S2/c16-7-3-1-6(2-4-7)9-14-15-11(19-9)13-10-12-8(17)5-18-10/h1-4,16H,5H2,(H,12,13,15,17). The lowest BCUT2D eigenvalue weighted by Crippen LogP contribution is -2.19. The monoisotopic (exact) mass is 292 g/mol. The average molecular weight is 292 g/mol. The minimum atomic E-state index is -0.0491. The second-order valence-corrected chi connectivity index (χ2v) is 5.61. The highest BCUT2D eigenvalue weighted by atomic mass is 32.2. The van der Waals surface area contributed by atoms with Crippen molar-refractivity contribution in [3.8, 4) is 16.3 Å². The van der Waals surface area contributed by atoms with Gasteiger partial charge in [0, 0.05) is 5.56 Å². The van der Waals surface area contributed by atoms with Gasteiger partial charge in [-0.15, -0.1) is 10.2 Å². The van der Waals surface area contributed by atoms with Crippen LogP contribution in [0.3, 0.4) is 0 Å². The van der Waals surface area contributed by atoms with Crippen molar-refractivity contribution in [2.45, 2.75) is 0 Å². The van der Waals surface area contributed by atoms with Crippen molar-refractivity contribution in [3.63, 3.8) is 0 Å². The Bertz CT molecular complexity index is 651. The van der Waals surface area contributed by atoms with Crippen LogP contribution >= 0.6 is 23.1 Å². The maximum atomic E-state index is 11.0. The molecule has 0 bridgehead atoms. The zero-order chi connectivity index (χ0) is 13.2. The molecule has 0 atom stereocenters. The van der Waals surface area contributed by atoms with Gasteiger partial charge in [-0.1, -0.05) is 23.1 Å². The highest BCUT2D eigenvalue weighted by Gasteiger charge is 2.17. The van der Waals surface area contributed by atoms with Crippen LogP contribution in [0.15, 0.2) is 29.3 Å². The fraction of sp³-hybridized carbons (Fsp3) is 0.0909. The molecule has 0 aliphatic carbocycles. The molecular weight excluding hydrogens is 284 g/mol. The first kappa shape index (κ1) is 12.1. The Morgan fingerprint density at radius 1 is 1.26 bits per heavy atom. The van der Waals surface area contributed by atoms with Gasteiger partial charge in [0.25, 0.3) is 0 Å². The molecule has 3 rings (SSSR count). The zero-order valence-corrected chi connectivity index (χ0v) is 11.2. The second-order valence-electron chi connectivity index (χ2n) is 3.69. The average Bonchev–Trinajstić information content (AvgIpc) is 3.00. The van der Waals surface area contributed by atoms with Crippen LogP contribution in [-0.2, 0) is 4.79 Å². The number of amides is 1. The first-order valence-corrected chi connectivity index (χ1v) is 7.15. The number of thioether (sulfide) groups is 1. The third kappa shape index (κ3) is 2.74. The zero-order valence-electron chi connectivity index (χ0n) is 9.53. The largest absolute Gasteiger partial charge is 0.508 e. The van der Waals surface area contributed by atoms with Crippen LogP contribution in [0.25, 0.3) is 10.6 Å². The summed E-state index contributed by atoms with van der Waals surface area (Å²) in [5, 5.41) is 21.6. The lowest BCUT2D eigenvalue weighted by atomic mass is 10.2. The van der Waals surface area contributed by atoms with Crippen LogP contribution in [0.1, 0.15) is 0 Å². The fourth-order valence-corrected chi connectivity index (χ4v) is 2.92. The van der Waals surface area contributed by atoms with Crippen LogP contribution < -0.4 is 5.32 Å². The van der Waals surface area contributed by atoms with E-state index in [-0.39, 0.29) is 11.7 Å². The quantitative estimate of drug-likeness (QED) is 0.880. The van der Waals surface area contributed by atoms with E-state index in [0.717, 1.165) is 5.56 Å². The summed E-state index contributed by atoms with van der Waals surface area (Å²) in [5.74, 6) is 0.549. The summed E-state index contributed by atoms with van der Waals surface area (Å²) in [7, 11) is 0. The van der Waals surface area contributed by atoms with Crippen LogP contribution in [-0.4, -0.2) is 32.1 Å². The maximum absolute atomic E-state index is 11.0. The second kappa shape index (κ2) is 4.98. The summed E-state index contributed by atoms with van der Waals surface area (Å²) in [6, 6.07) is 6.71.